The number of hydrogen-bond donors (Lipinski definition) is 1. The lowest BCUT2D eigenvalue weighted by molar-refractivity contribution is -0.116. The summed E-state index contributed by atoms with van der Waals surface area (Å²) in [5.41, 5.74) is 4.16. The second-order valence-corrected chi connectivity index (χ2v) is 6.76. The average molecular weight is 354 g/mol. The predicted molar refractivity (Wildman–Crippen MR) is 109 cm³/mol. The Labute approximate surface area is 157 Å². The molecule has 4 nitrogen and oxygen atoms in total. The van der Waals surface area contributed by atoms with Gasteiger partial charge >= 0.3 is 0 Å². The Hall–Kier alpha value is -2.20. The van der Waals surface area contributed by atoms with Crippen LogP contribution in [-0.4, -0.2) is 35.4 Å². The molecule has 0 aliphatic rings. The summed E-state index contributed by atoms with van der Waals surface area (Å²) >= 11 is 0. The van der Waals surface area contributed by atoms with Gasteiger partial charge in [-0.1, -0.05) is 26.0 Å². The second-order valence-electron chi connectivity index (χ2n) is 6.76. The first-order valence-electron chi connectivity index (χ1n) is 9.67. The van der Waals surface area contributed by atoms with Crippen LogP contribution in [0.4, 0.5) is 5.69 Å². The van der Waals surface area contributed by atoms with Crippen molar-refractivity contribution < 1.29 is 4.79 Å². The molecule has 1 amide bonds. The summed E-state index contributed by atoms with van der Waals surface area (Å²) in [6.45, 7) is 9.65. The van der Waals surface area contributed by atoms with Crippen LogP contribution in [0.25, 0.3) is 11.1 Å². The number of aromatic nitrogens is 1. The van der Waals surface area contributed by atoms with E-state index in [0.717, 1.165) is 61.3 Å². The molecular formula is C22H31N3O. The van der Waals surface area contributed by atoms with E-state index in [9.17, 15) is 4.79 Å². The van der Waals surface area contributed by atoms with E-state index in [-0.39, 0.29) is 5.91 Å². The Balaban J connectivity index is 1.92. The van der Waals surface area contributed by atoms with Crippen molar-refractivity contribution in [2.75, 3.05) is 25.0 Å². The Morgan fingerprint density at radius 1 is 1.00 bits per heavy atom. The molecule has 2 aromatic rings. The molecule has 1 heterocycles. The van der Waals surface area contributed by atoms with E-state index in [4.69, 9.17) is 0 Å². The van der Waals surface area contributed by atoms with E-state index in [0.29, 0.717) is 6.42 Å². The Bertz CT molecular complexity index is 679. The van der Waals surface area contributed by atoms with Gasteiger partial charge in [0.05, 0.1) is 0 Å². The average Bonchev–Trinajstić information content (AvgIpc) is 2.64. The molecule has 0 bridgehead atoms. The van der Waals surface area contributed by atoms with E-state index in [1.54, 1.807) is 12.4 Å². The molecule has 4 heteroatoms. The molecular weight excluding hydrogens is 322 g/mol. The molecule has 0 unspecified atom stereocenters. The summed E-state index contributed by atoms with van der Waals surface area (Å²) in [6.07, 6.45) is 7.34. The highest BCUT2D eigenvalue weighted by molar-refractivity contribution is 5.92. The first-order chi connectivity index (χ1) is 12.6. The molecule has 1 aromatic carbocycles. The van der Waals surface area contributed by atoms with Crippen LogP contribution in [0.5, 0.6) is 0 Å². The molecule has 0 aliphatic heterocycles. The van der Waals surface area contributed by atoms with E-state index < -0.39 is 0 Å². The largest absolute Gasteiger partial charge is 0.326 e. The van der Waals surface area contributed by atoms with Gasteiger partial charge in [-0.2, -0.15) is 0 Å². The maximum Gasteiger partial charge on any atom is 0.224 e. The highest BCUT2D eigenvalue weighted by Gasteiger charge is 2.08. The van der Waals surface area contributed by atoms with Gasteiger partial charge in [0, 0.05) is 24.5 Å². The van der Waals surface area contributed by atoms with Crippen molar-refractivity contribution in [3.63, 3.8) is 0 Å². The monoisotopic (exact) mass is 353 g/mol. The molecule has 2 rings (SSSR count). The number of anilines is 1. The summed E-state index contributed by atoms with van der Waals surface area (Å²) in [7, 11) is 0. The van der Waals surface area contributed by atoms with Crippen LogP contribution in [0, 0.1) is 6.92 Å². The van der Waals surface area contributed by atoms with Gasteiger partial charge < -0.3 is 10.2 Å². The molecule has 140 valence electrons. The first-order valence-corrected chi connectivity index (χ1v) is 9.67. The number of rotatable bonds is 10. The summed E-state index contributed by atoms with van der Waals surface area (Å²) in [5, 5.41) is 3.09. The van der Waals surface area contributed by atoms with Crippen molar-refractivity contribution >= 4 is 11.6 Å². The normalized spacial score (nSPS) is 10.9. The summed E-state index contributed by atoms with van der Waals surface area (Å²) in [4.78, 5) is 18.9. The Morgan fingerprint density at radius 3 is 2.35 bits per heavy atom. The van der Waals surface area contributed by atoms with Gasteiger partial charge in [-0.05, 0) is 80.7 Å². The molecule has 1 aromatic heterocycles. The molecule has 0 radical (unpaired) electrons. The molecule has 0 saturated heterocycles. The third-order valence-electron chi connectivity index (χ3n) is 4.48. The van der Waals surface area contributed by atoms with Crippen molar-refractivity contribution in [3.8, 4) is 11.1 Å². The van der Waals surface area contributed by atoms with Gasteiger partial charge in [0.2, 0.25) is 5.91 Å². The summed E-state index contributed by atoms with van der Waals surface area (Å²) in [6, 6.07) is 10.1. The fourth-order valence-electron chi connectivity index (χ4n) is 3.12. The number of pyridine rings is 1. The summed E-state index contributed by atoms with van der Waals surface area (Å²) < 4.78 is 0. The second kappa shape index (κ2) is 10.7. The van der Waals surface area contributed by atoms with Crippen LogP contribution in [0.2, 0.25) is 0 Å². The Morgan fingerprint density at radius 2 is 1.69 bits per heavy atom. The minimum atomic E-state index is 0.0907. The van der Waals surface area contributed by atoms with Gasteiger partial charge in [0.25, 0.3) is 0 Å². The standard InChI is InChI=1S/C22H31N3O/c1-4-14-25(15-5-2)16-6-7-22(26)24-21-17-20(9-8-18(21)3)19-10-12-23-13-11-19/h8-13,17H,4-7,14-16H2,1-3H3,(H,24,26). The van der Waals surface area contributed by atoms with Crippen LogP contribution >= 0.6 is 0 Å². The van der Waals surface area contributed by atoms with Crippen molar-refractivity contribution in [1.29, 1.82) is 0 Å². The maximum absolute atomic E-state index is 12.4. The highest BCUT2D eigenvalue weighted by atomic mass is 16.1. The van der Waals surface area contributed by atoms with Gasteiger partial charge in [0.1, 0.15) is 0 Å². The van der Waals surface area contributed by atoms with Crippen molar-refractivity contribution in [3.05, 3.63) is 48.3 Å². The lowest BCUT2D eigenvalue weighted by atomic mass is 10.0. The lowest BCUT2D eigenvalue weighted by Crippen LogP contribution is -2.27. The smallest absolute Gasteiger partial charge is 0.224 e. The van der Waals surface area contributed by atoms with Crippen LogP contribution in [0.1, 0.15) is 45.1 Å². The maximum atomic E-state index is 12.4. The third-order valence-corrected chi connectivity index (χ3v) is 4.48. The van der Waals surface area contributed by atoms with E-state index >= 15 is 0 Å². The first kappa shape index (κ1) is 20.1. The number of carbonyl (C=O) groups is 1. The molecule has 0 aliphatic carbocycles. The number of aryl methyl sites for hydroxylation is 1. The molecule has 0 saturated carbocycles. The van der Waals surface area contributed by atoms with Crippen LogP contribution in [0.15, 0.2) is 42.7 Å². The number of benzene rings is 1. The molecule has 26 heavy (non-hydrogen) atoms. The van der Waals surface area contributed by atoms with Gasteiger partial charge in [-0.25, -0.2) is 0 Å². The number of amides is 1. The van der Waals surface area contributed by atoms with Crippen molar-refractivity contribution in [2.24, 2.45) is 0 Å². The Kier molecular flexibility index (Phi) is 8.29. The molecule has 0 atom stereocenters. The van der Waals surface area contributed by atoms with Crippen LogP contribution in [0.3, 0.4) is 0 Å². The third kappa shape index (κ3) is 6.26. The van der Waals surface area contributed by atoms with E-state index in [1.807, 2.05) is 25.1 Å². The van der Waals surface area contributed by atoms with E-state index in [2.05, 4.69) is 41.2 Å². The highest BCUT2D eigenvalue weighted by Crippen LogP contribution is 2.25. The number of carbonyl (C=O) groups excluding carboxylic acids is 1. The van der Waals surface area contributed by atoms with E-state index in [1.165, 1.54) is 0 Å². The zero-order chi connectivity index (χ0) is 18.8. The minimum absolute atomic E-state index is 0.0907. The van der Waals surface area contributed by atoms with Gasteiger partial charge in [-0.15, -0.1) is 0 Å². The molecule has 1 N–H and O–H groups in total. The van der Waals surface area contributed by atoms with Crippen molar-refractivity contribution in [2.45, 2.75) is 46.5 Å². The number of nitrogens with one attached hydrogen (secondary N) is 1. The van der Waals surface area contributed by atoms with Crippen molar-refractivity contribution in [1.82, 2.24) is 9.88 Å². The quantitative estimate of drug-likeness (QED) is 0.661. The zero-order valence-electron chi connectivity index (χ0n) is 16.3. The summed E-state index contributed by atoms with van der Waals surface area (Å²) in [5.74, 6) is 0.0907. The lowest BCUT2D eigenvalue weighted by Gasteiger charge is -2.20. The van der Waals surface area contributed by atoms with Crippen LogP contribution in [-0.2, 0) is 4.79 Å². The topological polar surface area (TPSA) is 45.2 Å². The van der Waals surface area contributed by atoms with Crippen LogP contribution < -0.4 is 5.32 Å². The SMILES string of the molecule is CCCN(CCC)CCCC(=O)Nc1cc(-c2ccncc2)ccc1C. The molecule has 0 spiro atoms. The number of nitrogens with zero attached hydrogens (tertiary/aromatic N) is 2. The minimum Gasteiger partial charge on any atom is -0.326 e. The fraction of sp³-hybridized carbons (Fsp3) is 0.455. The van der Waals surface area contributed by atoms with Gasteiger partial charge in [-0.3, -0.25) is 9.78 Å². The molecule has 0 fully saturated rings. The fourth-order valence-corrected chi connectivity index (χ4v) is 3.12. The number of hydrogen-bond acceptors (Lipinski definition) is 3. The predicted octanol–water partition coefficient (Wildman–Crippen LogP) is 4.90. The zero-order valence-corrected chi connectivity index (χ0v) is 16.3. The van der Waals surface area contributed by atoms with Gasteiger partial charge in [0.15, 0.2) is 0 Å².